The summed E-state index contributed by atoms with van der Waals surface area (Å²) < 4.78 is 7.69. The van der Waals surface area contributed by atoms with Crippen molar-refractivity contribution in [2.75, 3.05) is 6.61 Å². The normalized spacial score (nSPS) is 20.0. The molecule has 5 nitrogen and oxygen atoms in total. The molecule has 1 saturated heterocycles. The molecule has 1 aliphatic carbocycles. The lowest BCUT2D eigenvalue weighted by atomic mass is 9.98. The van der Waals surface area contributed by atoms with Crippen LogP contribution in [0.3, 0.4) is 0 Å². The molecule has 0 radical (unpaired) electrons. The van der Waals surface area contributed by atoms with Gasteiger partial charge in [0.05, 0.1) is 24.5 Å². The number of ether oxygens (including phenoxy) is 1. The van der Waals surface area contributed by atoms with E-state index in [4.69, 9.17) is 4.74 Å². The predicted molar refractivity (Wildman–Crippen MR) is 101 cm³/mol. The van der Waals surface area contributed by atoms with Crippen LogP contribution in [0.2, 0.25) is 0 Å². The quantitative estimate of drug-likeness (QED) is 0.787. The Morgan fingerprint density at radius 1 is 1.27 bits per heavy atom. The lowest BCUT2D eigenvalue weighted by Crippen LogP contribution is -2.24. The van der Waals surface area contributed by atoms with Crippen molar-refractivity contribution in [2.24, 2.45) is 5.92 Å². The monoisotopic (exact) mass is 350 g/mol. The first kappa shape index (κ1) is 17.2. The molecule has 26 heavy (non-hydrogen) atoms. The topological polar surface area (TPSA) is 52.8 Å². The zero-order valence-electron chi connectivity index (χ0n) is 15.6. The summed E-state index contributed by atoms with van der Waals surface area (Å²) in [6, 6.07) is 2.16. The second kappa shape index (κ2) is 7.59. The van der Waals surface area contributed by atoms with Gasteiger partial charge in [-0.2, -0.15) is 0 Å². The van der Waals surface area contributed by atoms with E-state index < -0.39 is 0 Å². The van der Waals surface area contributed by atoms with Crippen molar-refractivity contribution in [2.45, 2.75) is 64.5 Å². The van der Waals surface area contributed by atoms with Crippen LogP contribution in [0.15, 0.2) is 18.5 Å². The standard InChI is InChI=1S/C21H26N4O/c1-15(2)19-11-17(9-8-16-6-7-16)12-22-21(19)20-14-25(24-23-20)13-18-5-3-4-10-26-18/h11-12,14-16,18H,3-7,10,13H2,1-2H3/t18-/m1/s1. The van der Waals surface area contributed by atoms with Crippen LogP contribution in [0.1, 0.15) is 63.0 Å². The molecule has 3 heterocycles. The maximum absolute atomic E-state index is 5.81. The highest BCUT2D eigenvalue weighted by Crippen LogP contribution is 2.29. The first-order valence-electron chi connectivity index (χ1n) is 9.72. The van der Waals surface area contributed by atoms with Gasteiger partial charge < -0.3 is 4.74 Å². The van der Waals surface area contributed by atoms with Crippen LogP contribution in [0.5, 0.6) is 0 Å². The van der Waals surface area contributed by atoms with E-state index in [1.54, 1.807) is 0 Å². The molecule has 1 saturated carbocycles. The van der Waals surface area contributed by atoms with Gasteiger partial charge in [-0.25, -0.2) is 4.68 Å². The third-order valence-corrected chi connectivity index (χ3v) is 4.98. The minimum atomic E-state index is 0.246. The van der Waals surface area contributed by atoms with Crippen LogP contribution in [-0.4, -0.2) is 32.7 Å². The highest BCUT2D eigenvalue weighted by atomic mass is 16.5. The highest BCUT2D eigenvalue weighted by Gasteiger charge is 2.19. The average Bonchev–Trinajstić information content (AvgIpc) is 3.38. The Hall–Kier alpha value is -2.19. The molecule has 4 rings (SSSR count). The Kier molecular flexibility index (Phi) is 5.03. The Balaban J connectivity index is 1.55. The summed E-state index contributed by atoms with van der Waals surface area (Å²) in [7, 11) is 0. The van der Waals surface area contributed by atoms with E-state index in [0.29, 0.717) is 11.8 Å². The van der Waals surface area contributed by atoms with Crippen molar-refractivity contribution in [3.8, 4) is 23.2 Å². The van der Waals surface area contributed by atoms with E-state index in [1.807, 2.05) is 17.1 Å². The third kappa shape index (κ3) is 4.13. The number of pyridine rings is 1. The molecule has 2 aromatic rings. The molecular formula is C21H26N4O. The molecule has 0 N–H and O–H groups in total. The zero-order valence-corrected chi connectivity index (χ0v) is 15.6. The van der Waals surface area contributed by atoms with Gasteiger partial charge in [0.1, 0.15) is 5.69 Å². The summed E-state index contributed by atoms with van der Waals surface area (Å²) in [5.74, 6) is 7.53. The van der Waals surface area contributed by atoms with Gasteiger partial charge >= 0.3 is 0 Å². The molecule has 0 unspecified atom stereocenters. The van der Waals surface area contributed by atoms with Gasteiger partial charge in [-0.15, -0.1) is 5.10 Å². The number of hydrogen-bond acceptors (Lipinski definition) is 4. The largest absolute Gasteiger partial charge is 0.376 e. The van der Waals surface area contributed by atoms with Crippen LogP contribution >= 0.6 is 0 Å². The Morgan fingerprint density at radius 2 is 2.15 bits per heavy atom. The summed E-state index contributed by atoms with van der Waals surface area (Å²) in [5, 5.41) is 8.66. The summed E-state index contributed by atoms with van der Waals surface area (Å²) >= 11 is 0. The molecule has 0 bridgehead atoms. The third-order valence-electron chi connectivity index (χ3n) is 4.98. The second-order valence-electron chi connectivity index (χ2n) is 7.67. The molecule has 2 aromatic heterocycles. The zero-order chi connectivity index (χ0) is 17.9. The van der Waals surface area contributed by atoms with Crippen LogP contribution < -0.4 is 0 Å². The lowest BCUT2D eigenvalue weighted by molar-refractivity contribution is 0.00370. The summed E-state index contributed by atoms with van der Waals surface area (Å²) in [6.07, 6.45) is 10.1. The number of hydrogen-bond donors (Lipinski definition) is 0. The van der Waals surface area contributed by atoms with Gasteiger partial charge in [0.25, 0.3) is 0 Å². The highest BCUT2D eigenvalue weighted by molar-refractivity contribution is 5.60. The molecule has 136 valence electrons. The molecule has 1 atom stereocenters. The Bertz CT molecular complexity index is 820. The van der Waals surface area contributed by atoms with Crippen LogP contribution in [-0.2, 0) is 11.3 Å². The number of nitrogens with zero attached hydrogens (tertiary/aromatic N) is 4. The van der Waals surface area contributed by atoms with E-state index in [2.05, 4.69) is 47.1 Å². The van der Waals surface area contributed by atoms with Gasteiger partial charge in [-0.05, 0) is 49.7 Å². The fourth-order valence-corrected chi connectivity index (χ4v) is 3.27. The van der Waals surface area contributed by atoms with E-state index in [-0.39, 0.29) is 6.10 Å². The molecule has 5 heteroatoms. The van der Waals surface area contributed by atoms with Gasteiger partial charge in [-0.1, -0.05) is 30.9 Å². The van der Waals surface area contributed by atoms with E-state index in [0.717, 1.165) is 42.9 Å². The smallest absolute Gasteiger partial charge is 0.131 e. The fourth-order valence-electron chi connectivity index (χ4n) is 3.27. The summed E-state index contributed by atoms with van der Waals surface area (Å²) in [4.78, 5) is 4.68. The fraction of sp³-hybridized carbons (Fsp3) is 0.571. The van der Waals surface area contributed by atoms with Gasteiger partial charge in [0, 0.05) is 24.3 Å². The van der Waals surface area contributed by atoms with Gasteiger partial charge in [0.2, 0.25) is 0 Å². The van der Waals surface area contributed by atoms with Crippen LogP contribution in [0.4, 0.5) is 0 Å². The van der Waals surface area contributed by atoms with E-state index >= 15 is 0 Å². The van der Waals surface area contributed by atoms with Crippen molar-refractivity contribution >= 4 is 0 Å². The maximum atomic E-state index is 5.81. The van der Waals surface area contributed by atoms with Crippen molar-refractivity contribution < 1.29 is 4.74 Å². The first-order chi connectivity index (χ1) is 12.7. The number of aromatic nitrogens is 4. The van der Waals surface area contributed by atoms with E-state index in [1.165, 1.54) is 24.8 Å². The van der Waals surface area contributed by atoms with Gasteiger partial charge in [0.15, 0.2) is 0 Å². The molecule has 1 aliphatic heterocycles. The molecular weight excluding hydrogens is 324 g/mol. The Morgan fingerprint density at radius 3 is 2.88 bits per heavy atom. The summed E-state index contributed by atoms with van der Waals surface area (Å²) in [5.41, 5.74) is 3.90. The van der Waals surface area contributed by atoms with Crippen molar-refractivity contribution in [3.05, 3.63) is 29.6 Å². The maximum Gasteiger partial charge on any atom is 0.131 e. The molecule has 2 aliphatic rings. The average molecular weight is 350 g/mol. The molecule has 0 spiro atoms. The van der Waals surface area contributed by atoms with Crippen LogP contribution in [0, 0.1) is 17.8 Å². The van der Waals surface area contributed by atoms with Crippen molar-refractivity contribution in [1.29, 1.82) is 0 Å². The summed E-state index contributed by atoms with van der Waals surface area (Å²) in [6.45, 7) is 5.97. The van der Waals surface area contributed by atoms with Gasteiger partial charge in [-0.3, -0.25) is 4.98 Å². The molecule has 2 fully saturated rings. The number of rotatable bonds is 4. The minimum absolute atomic E-state index is 0.246. The van der Waals surface area contributed by atoms with Crippen molar-refractivity contribution in [3.63, 3.8) is 0 Å². The van der Waals surface area contributed by atoms with Crippen molar-refractivity contribution in [1.82, 2.24) is 20.0 Å². The van der Waals surface area contributed by atoms with Crippen LogP contribution in [0.25, 0.3) is 11.4 Å². The lowest BCUT2D eigenvalue weighted by Gasteiger charge is -2.21. The molecule has 0 amide bonds. The minimum Gasteiger partial charge on any atom is -0.376 e. The SMILES string of the molecule is CC(C)c1cc(C#CC2CC2)cnc1-c1cn(C[C@H]2CCCCO2)nn1. The molecule has 0 aromatic carbocycles. The predicted octanol–water partition coefficient (Wildman–Crippen LogP) is 3.79. The van der Waals surface area contributed by atoms with E-state index in [9.17, 15) is 0 Å². The Labute approximate surface area is 155 Å². The first-order valence-corrected chi connectivity index (χ1v) is 9.72. The second-order valence-corrected chi connectivity index (χ2v) is 7.67.